The Kier molecular flexibility index (Phi) is 5.97. The number of rotatable bonds is 3. The topological polar surface area (TPSA) is 49.4 Å². The molecule has 138 valence electrons. The number of carbonyl (C=O) groups excluding carboxylic acids is 2. The molecule has 2 unspecified atom stereocenters. The molecule has 2 rings (SSSR count). The summed E-state index contributed by atoms with van der Waals surface area (Å²) in [5.74, 6) is 0.507. The largest absolute Gasteiger partial charge is 0.350 e. The summed E-state index contributed by atoms with van der Waals surface area (Å²) in [4.78, 5) is 26.8. The third kappa shape index (κ3) is 4.84. The number of benzene rings is 1. The quantitative estimate of drug-likeness (QED) is 0.763. The van der Waals surface area contributed by atoms with Crippen molar-refractivity contribution in [1.29, 1.82) is 0 Å². The number of carbonyl (C=O) groups is 2. The van der Waals surface area contributed by atoms with Crippen LogP contribution in [-0.2, 0) is 9.59 Å². The van der Waals surface area contributed by atoms with E-state index in [0.29, 0.717) is 5.92 Å². The number of fused-ring (bicyclic) bond motifs is 1. The van der Waals surface area contributed by atoms with E-state index in [1.54, 1.807) is 4.90 Å². The van der Waals surface area contributed by atoms with Crippen LogP contribution in [0.2, 0.25) is 0 Å². The first-order chi connectivity index (χ1) is 11.5. The molecule has 1 aliphatic rings. The molecule has 1 aliphatic heterocycles. The van der Waals surface area contributed by atoms with E-state index in [4.69, 9.17) is 0 Å². The highest BCUT2D eigenvalue weighted by atomic mass is 79.9. The monoisotopic (exact) mass is 408 g/mol. The smallest absolute Gasteiger partial charge is 0.241 e. The molecule has 2 atom stereocenters. The minimum absolute atomic E-state index is 0.0411. The maximum absolute atomic E-state index is 13.0. The minimum atomic E-state index is -0.324. The van der Waals surface area contributed by atoms with Crippen LogP contribution >= 0.6 is 15.9 Å². The van der Waals surface area contributed by atoms with E-state index in [1.807, 2.05) is 33.8 Å². The van der Waals surface area contributed by atoms with Gasteiger partial charge < -0.3 is 10.2 Å². The minimum Gasteiger partial charge on any atom is -0.350 e. The second-order valence-electron chi connectivity index (χ2n) is 8.34. The number of nitrogens with zero attached hydrogens (tertiary/aromatic N) is 1. The van der Waals surface area contributed by atoms with Gasteiger partial charge in [-0.3, -0.25) is 9.59 Å². The van der Waals surface area contributed by atoms with Gasteiger partial charge in [0.2, 0.25) is 11.8 Å². The number of halogens is 1. The van der Waals surface area contributed by atoms with Gasteiger partial charge in [-0.25, -0.2) is 0 Å². The molecule has 1 N–H and O–H groups in total. The molecule has 4 nitrogen and oxygen atoms in total. The Morgan fingerprint density at radius 2 is 2.00 bits per heavy atom. The van der Waals surface area contributed by atoms with Crippen LogP contribution in [0.5, 0.6) is 0 Å². The predicted molar refractivity (Wildman–Crippen MR) is 106 cm³/mol. The molecule has 0 saturated heterocycles. The van der Waals surface area contributed by atoms with E-state index in [1.165, 1.54) is 0 Å². The maximum atomic E-state index is 13.0. The molecule has 0 spiro atoms. The molecule has 0 aliphatic carbocycles. The molecular weight excluding hydrogens is 380 g/mol. The fraction of sp³-hybridized carbons (Fsp3) is 0.600. The van der Waals surface area contributed by atoms with Gasteiger partial charge in [-0.1, -0.05) is 41.9 Å². The van der Waals surface area contributed by atoms with Gasteiger partial charge in [0.05, 0.1) is 4.83 Å². The van der Waals surface area contributed by atoms with Gasteiger partial charge >= 0.3 is 0 Å². The lowest BCUT2D eigenvalue weighted by Gasteiger charge is -2.27. The lowest BCUT2D eigenvalue weighted by molar-refractivity contribution is -0.124. The standard InChI is InChI=1S/C20H29BrN2O2/c1-12(2)15-10-16(21)19(25)23(11-18(24)22-20(4,5)6)17-9-13(3)7-8-14(15)17/h7-9,12,15-16H,10-11H2,1-6H3,(H,22,24). The molecular formula is C20H29BrN2O2. The number of hydrogen-bond donors (Lipinski definition) is 1. The van der Waals surface area contributed by atoms with Crippen molar-refractivity contribution in [3.05, 3.63) is 29.3 Å². The van der Waals surface area contributed by atoms with Gasteiger partial charge in [-0.2, -0.15) is 0 Å². The Morgan fingerprint density at radius 1 is 1.36 bits per heavy atom. The highest BCUT2D eigenvalue weighted by Gasteiger charge is 2.36. The van der Waals surface area contributed by atoms with Crippen LogP contribution in [0.15, 0.2) is 18.2 Å². The van der Waals surface area contributed by atoms with Crippen LogP contribution in [0, 0.1) is 12.8 Å². The zero-order valence-electron chi connectivity index (χ0n) is 16.0. The number of alkyl halides is 1. The van der Waals surface area contributed by atoms with Gasteiger partial charge in [0.25, 0.3) is 0 Å². The van der Waals surface area contributed by atoms with Crippen LogP contribution < -0.4 is 10.2 Å². The number of hydrogen-bond acceptors (Lipinski definition) is 2. The fourth-order valence-corrected chi connectivity index (χ4v) is 3.99. The van der Waals surface area contributed by atoms with E-state index in [-0.39, 0.29) is 34.6 Å². The normalized spacial score (nSPS) is 21.1. The van der Waals surface area contributed by atoms with Gasteiger partial charge in [-0.15, -0.1) is 0 Å². The molecule has 0 saturated carbocycles. The molecule has 0 radical (unpaired) electrons. The van der Waals surface area contributed by atoms with Crippen LogP contribution in [0.4, 0.5) is 5.69 Å². The Hall–Kier alpha value is -1.36. The molecule has 25 heavy (non-hydrogen) atoms. The number of aryl methyl sites for hydroxylation is 1. The molecule has 2 amide bonds. The number of amides is 2. The Balaban J connectivity index is 2.45. The summed E-state index contributed by atoms with van der Waals surface area (Å²) in [7, 11) is 0. The van der Waals surface area contributed by atoms with Crippen molar-refractivity contribution in [2.24, 2.45) is 5.92 Å². The molecule has 0 bridgehead atoms. The van der Waals surface area contributed by atoms with Crippen LogP contribution in [0.25, 0.3) is 0 Å². The van der Waals surface area contributed by atoms with Gasteiger partial charge in [0.1, 0.15) is 6.54 Å². The number of nitrogens with one attached hydrogen (secondary N) is 1. The highest BCUT2D eigenvalue weighted by Crippen LogP contribution is 2.41. The van der Waals surface area contributed by atoms with Crippen molar-refractivity contribution < 1.29 is 9.59 Å². The first kappa shape index (κ1) is 20.0. The second-order valence-corrected chi connectivity index (χ2v) is 9.44. The summed E-state index contributed by atoms with van der Waals surface area (Å²) in [6.07, 6.45) is 0.740. The molecule has 1 aromatic rings. The molecule has 5 heteroatoms. The van der Waals surface area contributed by atoms with Crippen molar-refractivity contribution in [2.45, 2.75) is 64.2 Å². The van der Waals surface area contributed by atoms with Crippen LogP contribution in [0.3, 0.4) is 0 Å². The van der Waals surface area contributed by atoms with E-state index in [2.05, 4.69) is 47.2 Å². The van der Waals surface area contributed by atoms with Gasteiger partial charge in [0.15, 0.2) is 0 Å². The number of anilines is 1. The van der Waals surface area contributed by atoms with Crippen molar-refractivity contribution in [2.75, 3.05) is 11.4 Å². The average Bonchev–Trinajstić information content (AvgIpc) is 2.56. The summed E-state index contributed by atoms with van der Waals surface area (Å²) < 4.78 is 0. The second kappa shape index (κ2) is 7.48. The Morgan fingerprint density at radius 3 is 2.56 bits per heavy atom. The summed E-state index contributed by atoms with van der Waals surface area (Å²) >= 11 is 3.56. The zero-order chi connectivity index (χ0) is 18.9. The summed E-state index contributed by atoms with van der Waals surface area (Å²) in [5, 5.41) is 2.95. The van der Waals surface area contributed by atoms with Gasteiger partial charge in [0, 0.05) is 11.2 Å². The van der Waals surface area contributed by atoms with E-state index >= 15 is 0 Å². The molecule has 0 aromatic heterocycles. The summed E-state index contributed by atoms with van der Waals surface area (Å²) in [6, 6.07) is 6.22. The molecule has 0 fully saturated rings. The van der Waals surface area contributed by atoms with Crippen molar-refractivity contribution in [3.8, 4) is 0 Å². The molecule has 1 heterocycles. The lowest BCUT2D eigenvalue weighted by atomic mass is 9.84. The van der Waals surface area contributed by atoms with E-state index < -0.39 is 0 Å². The van der Waals surface area contributed by atoms with Crippen LogP contribution in [-0.4, -0.2) is 28.7 Å². The van der Waals surface area contributed by atoms with Crippen LogP contribution in [0.1, 0.15) is 58.1 Å². The molecule has 1 aromatic carbocycles. The first-order valence-corrected chi connectivity index (χ1v) is 9.78. The summed E-state index contributed by atoms with van der Waals surface area (Å²) in [6.45, 7) is 12.2. The Bertz CT molecular complexity index is 664. The van der Waals surface area contributed by atoms with E-state index in [9.17, 15) is 9.59 Å². The van der Waals surface area contributed by atoms with Gasteiger partial charge in [-0.05, 0) is 63.1 Å². The highest BCUT2D eigenvalue weighted by molar-refractivity contribution is 9.10. The Labute approximate surface area is 159 Å². The predicted octanol–water partition coefficient (Wildman–Crippen LogP) is 4.15. The SMILES string of the molecule is Cc1ccc2c(c1)N(CC(=O)NC(C)(C)C)C(=O)C(Br)CC2C(C)C. The maximum Gasteiger partial charge on any atom is 0.241 e. The fourth-order valence-electron chi connectivity index (χ4n) is 3.34. The third-order valence-electron chi connectivity index (χ3n) is 4.49. The van der Waals surface area contributed by atoms with Crippen molar-refractivity contribution in [1.82, 2.24) is 5.32 Å². The third-order valence-corrected chi connectivity index (χ3v) is 5.26. The zero-order valence-corrected chi connectivity index (χ0v) is 17.6. The lowest BCUT2D eigenvalue weighted by Crippen LogP contribution is -2.48. The average molecular weight is 409 g/mol. The van der Waals surface area contributed by atoms with Crippen molar-refractivity contribution in [3.63, 3.8) is 0 Å². The van der Waals surface area contributed by atoms with Crippen molar-refractivity contribution >= 4 is 33.4 Å². The summed E-state index contributed by atoms with van der Waals surface area (Å²) in [5.41, 5.74) is 2.79. The first-order valence-electron chi connectivity index (χ1n) is 8.86. The van der Waals surface area contributed by atoms with E-state index in [0.717, 1.165) is 23.2 Å².